The predicted octanol–water partition coefficient (Wildman–Crippen LogP) is 4.62. The molecule has 0 radical (unpaired) electrons. The third-order valence-electron chi connectivity index (χ3n) is 10.9. The molecule has 3 N–H and O–H groups in total. The lowest BCUT2D eigenvalue weighted by molar-refractivity contribution is -0.113. The first-order valence-corrected chi connectivity index (χ1v) is 20.2. The molecule has 2 fully saturated rings. The van der Waals surface area contributed by atoms with Gasteiger partial charge < -0.3 is 30.0 Å². The highest BCUT2D eigenvalue weighted by atomic mass is 32.2. The molecule has 0 bridgehead atoms. The lowest BCUT2D eigenvalue weighted by Crippen LogP contribution is -2.41. The Kier molecular flexibility index (Phi) is 12.2. The van der Waals surface area contributed by atoms with Crippen LogP contribution in [0.4, 0.5) is 5.82 Å². The van der Waals surface area contributed by atoms with E-state index in [0.717, 1.165) is 115 Å². The Hall–Kier alpha value is -4.43. The fourth-order valence-corrected chi connectivity index (χ4v) is 8.41. The van der Waals surface area contributed by atoms with Gasteiger partial charge in [-0.2, -0.15) is 0 Å². The minimum absolute atomic E-state index is 0.0293. The maximum absolute atomic E-state index is 12.5. The third-order valence-corrected chi connectivity index (χ3v) is 12.0. The number of aromatic nitrogens is 5. The van der Waals surface area contributed by atoms with Crippen LogP contribution in [-0.4, -0.2) is 90.9 Å². The minimum Gasteiger partial charge on any atom is -0.328 e. The van der Waals surface area contributed by atoms with Crippen molar-refractivity contribution in [1.29, 1.82) is 0 Å². The Morgan fingerprint density at radius 3 is 1.87 bits per heavy atom. The predicted molar refractivity (Wildman–Crippen MR) is 216 cm³/mol. The monoisotopic (exact) mass is 749 g/mol. The molecule has 1 amide bonds. The van der Waals surface area contributed by atoms with Crippen molar-refractivity contribution in [3.63, 3.8) is 0 Å². The van der Waals surface area contributed by atoms with Gasteiger partial charge >= 0.3 is 0 Å². The van der Waals surface area contributed by atoms with Gasteiger partial charge in [0.1, 0.15) is 5.82 Å². The Balaban J connectivity index is 0.000000184. The van der Waals surface area contributed by atoms with Crippen LogP contribution in [-0.2, 0) is 24.3 Å². The Morgan fingerprint density at radius 2 is 1.30 bits per heavy atom. The molecule has 0 atom stereocenters. The number of hydrogen-bond acceptors (Lipinski definition) is 10. The van der Waals surface area contributed by atoms with Gasteiger partial charge in [0.15, 0.2) is 0 Å². The SMILES string of the molecule is Cc1cnc2ccc(=O)n(CCN3CCC(CCc4ccc5c(n4)NC(=O)CS5)CC3)c2c1.Cc1cnc2ccc(=O)n(CCN3CCC(N)CC3)c2c1. The van der Waals surface area contributed by atoms with Crippen molar-refractivity contribution in [3.05, 3.63) is 98.5 Å². The number of rotatable bonds is 9. The number of aryl methyl sites for hydroxylation is 3. The number of hydrogen-bond donors (Lipinski definition) is 2. The van der Waals surface area contributed by atoms with Gasteiger partial charge in [0.05, 0.1) is 32.7 Å². The van der Waals surface area contributed by atoms with Crippen LogP contribution in [0.1, 0.15) is 48.9 Å². The number of thioether (sulfide) groups is 1. The summed E-state index contributed by atoms with van der Waals surface area (Å²) < 4.78 is 3.70. The van der Waals surface area contributed by atoms with Crippen molar-refractivity contribution < 1.29 is 4.79 Å². The Morgan fingerprint density at radius 1 is 0.741 bits per heavy atom. The summed E-state index contributed by atoms with van der Waals surface area (Å²) in [6.07, 6.45) is 10.2. The van der Waals surface area contributed by atoms with Crippen molar-refractivity contribution in [2.24, 2.45) is 11.7 Å². The van der Waals surface area contributed by atoms with Crippen molar-refractivity contribution in [1.82, 2.24) is 33.9 Å². The molecule has 0 aliphatic carbocycles. The van der Waals surface area contributed by atoms with E-state index in [1.165, 1.54) is 12.8 Å². The number of fused-ring (bicyclic) bond motifs is 3. The van der Waals surface area contributed by atoms with Gasteiger partial charge in [0, 0.05) is 62.4 Å². The second-order valence-electron chi connectivity index (χ2n) is 15.0. The largest absolute Gasteiger partial charge is 0.328 e. The number of nitrogens with two attached hydrogens (primary N) is 1. The molecule has 8 rings (SSSR count). The molecule has 0 aromatic carbocycles. The van der Waals surface area contributed by atoms with E-state index in [9.17, 15) is 14.4 Å². The van der Waals surface area contributed by atoms with Gasteiger partial charge in [-0.05, 0) is 132 Å². The molecule has 54 heavy (non-hydrogen) atoms. The van der Waals surface area contributed by atoms with Gasteiger partial charge in [-0.3, -0.25) is 24.4 Å². The summed E-state index contributed by atoms with van der Waals surface area (Å²) in [6, 6.07) is 15.4. The van der Waals surface area contributed by atoms with E-state index in [0.29, 0.717) is 30.8 Å². The molecule has 284 valence electrons. The zero-order chi connectivity index (χ0) is 37.6. The number of nitrogens with zero attached hydrogens (tertiary/aromatic N) is 7. The average Bonchev–Trinajstić information content (AvgIpc) is 3.17. The fraction of sp³-hybridized carbons (Fsp3) is 0.463. The summed E-state index contributed by atoms with van der Waals surface area (Å²) in [5.74, 6) is 1.91. The minimum atomic E-state index is 0.0293. The normalized spacial score (nSPS) is 17.3. The topological polar surface area (TPSA) is 144 Å². The molecule has 13 heteroatoms. The van der Waals surface area contributed by atoms with Crippen molar-refractivity contribution >= 4 is 45.6 Å². The second-order valence-corrected chi connectivity index (χ2v) is 16.0. The molecule has 0 spiro atoms. The number of carbonyl (C=O) groups is 1. The van der Waals surface area contributed by atoms with Crippen LogP contribution in [0.15, 0.2) is 75.4 Å². The highest BCUT2D eigenvalue weighted by Crippen LogP contribution is 2.30. The molecular formula is C41H51N9O3S. The molecule has 2 saturated heterocycles. The summed E-state index contributed by atoms with van der Waals surface area (Å²) >= 11 is 1.55. The molecule has 0 saturated carbocycles. The zero-order valence-electron chi connectivity index (χ0n) is 31.4. The highest BCUT2D eigenvalue weighted by molar-refractivity contribution is 8.00. The van der Waals surface area contributed by atoms with E-state index in [4.69, 9.17) is 5.73 Å². The number of anilines is 1. The van der Waals surface area contributed by atoms with E-state index in [-0.39, 0.29) is 17.0 Å². The summed E-state index contributed by atoms with van der Waals surface area (Å²) in [6.45, 7) is 11.3. The zero-order valence-corrected chi connectivity index (χ0v) is 32.2. The lowest BCUT2D eigenvalue weighted by Gasteiger charge is -2.32. The molecule has 12 nitrogen and oxygen atoms in total. The summed E-state index contributed by atoms with van der Waals surface area (Å²) in [5, 5.41) is 2.88. The second kappa shape index (κ2) is 17.4. The molecule has 0 unspecified atom stereocenters. The Bertz CT molecular complexity index is 2220. The summed E-state index contributed by atoms with van der Waals surface area (Å²) in [4.78, 5) is 55.7. The number of amides is 1. The van der Waals surface area contributed by atoms with Gasteiger partial charge in [-0.1, -0.05) is 0 Å². The molecule has 8 heterocycles. The van der Waals surface area contributed by atoms with Crippen LogP contribution in [0.5, 0.6) is 0 Å². The highest BCUT2D eigenvalue weighted by Gasteiger charge is 2.21. The van der Waals surface area contributed by atoms with Gasteiger partial charge in [-0.25, -0.2) is 4.98 Å². The maximum atomic E-state index is 12.5. The maximum Gasteiger partial charge on any atom is 0.251 e. The number of pyridine rings is 5. The number of piperidine rings is 2. The van der Waals surface area contributed by atoms with Gasteiger partial charge in [-0.15, -0.1) is 11.8 Å². The lowest BCUT2D eigenvalue weighted by atomic mass is 9.91. The quantitative estimate of drug-likeness (QED) is 0.219. The van der Waals surface area contributed by atoms with Crippen molar-refractivity contribution in [2.75, 3.05) is 50.3 Å². The molecule has 5 aromatic heterocycles. The van der Waals surface area contributed by atoms with Crippen LogP contribution in [0.3, 0.4) is 0 Å². The summed E-state index contributed by atoms with van der Waals surface area (Å²) in [7, 11) is 0. The average molecular weight is 750 g/mol. The van der Waals surface area contributed by atoms with Crippen LogP contribution in [0.2, 0.25) is 0 Å². The fourth-order valence-electron chi connectivity index (χ4n) is 7.65. The van der Waals surface area contributed by atoms with Crippen LogP contribution < -0.4 is 22.2 Å². The smallest absolute Gasteiger partial charge is 0.251 e. The van der Waals surface area contributed by atoms with E-state index in [1.54, 1.807) is 30.0 Å². The molecule has 5 aromatic rings. The van der Waals surface area contributed by atoms with Crippen molar-refractivity contribution in [3.8, 4) is 0 Å². The van der Waals surface area contributed by atoms with E-state index in [2.05, 4.69) is 48.3 Å². The van der Waals surface area contributed by atoms with E-state index < -0.39 is 0 Å². The first-order valence-electron chi connectivity index (χ1n) is 19.2. The van der Waals surface area contributed by atoms with Gasteiger partial charge in [0.2, 0.25) is 5.91 Å². The molecule has 3 aliphatic heterocycles. The third kappa shape index (κ3) is 9.43. The van der Waals surface area contributed by atoms with Crippen LogP contribution >= 0.6 is 11.8 Å². The van der Waals surface area contributed by atoms with E-state index >= 15 is 0 Å². The molecular weight excluding hydrogens is 699 g/mol. The van der Waals surface area contributed by atoms with Crippen LogP contribution in [0.25, 0.3) is 22.1 Å². The summed E-state index contributed by atoms with van der Waals surface area (Å²) in [5.41, 5.74) is 12.8. The van der Waals surface area contributed by atoms with E-state index in [1.807, 2.05) is 47.5 Å². The van der Waals surface area contributed by atoms with Crippen LogP contribution in [0, 0.1) is 19.8 Å². The van der Waals surface area contributed by atoms with Gasteiger partial charge in [0.25, 0.3) is 11.1 Å². The standard InChI is InChI=1S/C25H29N5O2S.C16H22N4O/c1-17-14-21-20(26-15-17)5-7-24(32)30(21)13-12-29-10-8-18(9-11-29)2-3-19-4-6-22-25(27-19)28-23(31)16-33-22;1-12-10-15-14(18-11-12)2-3-16(21)20(15)9-8-19-6-4-13(17)5-7-19/h4-7,14-15,18H,2-3,8-13,16H2,1H3,(H,27,28,31);2-3,10-11,13H,4-9,17H2,1H3. The first-order chi connectivity index (χ1) is 26.2. The molecule has 3 aliphatic rings. The number of carbonyl (C=O) groups excluding carboxylic acids is 1. The number of nitrogens with one attached hydrogen (secondary N) is 1. The first kappa shape index (κ1) is 37.9. The van der Waals surface area contributed by atoms with Crippen molar-refractivity contribution in [2.45, 2.75) is 76.4 Å². The Labute approximate surface area is 320 Å². The number of likely N-dealkylation sites (tertiary alicyclic amines) is 2.